The van der Waals surface area contributed by atoms with Gasteiger partial charge in [0.15, 0.2) is 0 Å². The van der Waals surface area contributed by atoms with Gasteiger partial charge in [0.25, 0.3) is 5.91 Å². The summed E-state index contributed by atoms with van der Waals surface area (Å²) in [5.74, 6) is -0.125. The SMILES string of the molecule is O=C(NCc1ccccc1-c1ccsc1)c1ccc2n[nH]nc2c1. The quantitative estimate of drug-likeness (QED) is 0.599. The Labute approximate surface area is 142 Å². The number of H-pyrrole nitrogens is 1. The average molecular weight is 334 g/mol. The smallest absolute Gasteiger partial charge is 0.251 e. The van der Waals surface area contributed by atoms with E-state index in [-0.39, 0.29) is 5.91 Å². The highest BCUT2D eigenvalue weighted by Crippen LogP contribution is 2.25. The summed E-state index contributed by atoms with van der Waals surface area (Å²) in [6.07, 6.45) is 0. The maximum Gasteiger partial charge on any atom is 0.251 e. The highest BCUT2D eigenvalue weighted by Gasteiger charge is 2.10. The van der Waals surface area contributed by atoms with Gasteiger partial charge in [-0.05, 0) is 51.7 Å². The Morgan fingerprint density at radius 3 is 2.83 bits per heavy atom. The summed E-state index contributed by atoms with van der Waals surface area (Å²) >= 11 is 1.66. The van der Waals surface area contributed by atoms with Gasteiger partial charge in [-0.2, -0.15) is 26.7 Å². The topological polar surface area (TPSA) is 70.7 Å². The van der Waals surface area contributed by atoms with Crippen molar-refractivity contribution in [3.63, 3.8) is 0 Å². The summed E-state index contributed by atoms with van der Waals surface area (Å²) < 4.78 is 0. The van der Waals surface area contributed by atoms with Crippen LogP contribution >= 0.6 is 11.3 Å². The van der Waals surface area contributed by atoms with Crippen LogP contribution in [0.4, 0.5) is 0 Å². The highest BCUT2D eigenvalue weighted by atomic mass is 32.1. The van der Waals surface area contributed by atoms with Crippen LogP contribution < -0.4 is 5.32 Å². The predicted molar refractivity (Wildman–Crippen MR) is 94.8 cm³/mol. The second-order valence-electron chi connectivity index (χ2n) is 5.38. The summed E-state index contributed by atoms with van der Waals surface area (Å²) in [5.41, 5.74) is 5.41. The van der Waals surface area contributed by atoms with E-state index < -0.39 is 0 Å². The zero-order valence-electron chi connectivity index (χ0n) is 12.7. The van der Waals surface area contributed by atoms with Gasteiger partial charge in [-0.25, -0.2) is 0 Å². The molecule has 0 unspecified atom stereocenters. The molecule has 0 fully saturated rings. The molecule has 2 N–H and O–H groups in total. The fourth-order valence-corrected chi connectivity index (χ4v) is 3.29. The van der Waals surface area contributed by atoms with Crippen LogP contribution in [0.5, 0.6) is 0 Å². The number of aromatic nitrogens is 3. The normalized spacial score (nSPS) is 10.8. The Morgan fingerprint density at radius 1 is 1.08 bits per heavy atom. The molecule has 0 saturated carbocycles. The van der Waals surface area contributed by atoms with Crippen LogP contribution in [0.2, 0.25) is 0 Å². The third-order valence-electron chi connectivity index (χ3n) is 3.87. The number of aromatic amines is 1. The monoisotopic (exact) mass is 334 g/mol. The summed E-state index contributed by atoms with van der Waals surface area (Å²) in [4.78, 5) is 12.4. The molecule has 1 amide bonds. The number of nitrogens with one attached hydrogen (secondary N) is 2. The summed E-state index contributed by atoms with van der Waals surface area (Å²) in [6.45, 7) is 0.474. The Hall–Kier alpha value is -2.99. The first-order valence-electron chi connectivity index (χ1n) is 7.50. The molecule has 24 heavy (non-hydrogen) atoms. The van der Waals surface area contributed by atoms with Crippen LogP contribution in [-0.2, 0) is 6.54 Å². The Bertz CT molecular complexity index is 991. The average Bonchev–Trinajstić information content (AvgIpc) is 3.30. The van der Waals surface area contributed by atoms with Crippen LogP contribution in [0.3, 0.4) is 0 Å². The van der Waals surface area contributed by atoms with E-state index in [0.29, 0.717) is 17.6 Å². The molecule has 5 nitrogen and oxygen atoms in total. The van der Waals surface area contributed by atoms with E-state index in [4.69, 9.17) is 0 Å². The van der Waals surface area contributed by atoms with Crippen molar-refractivity contribution >= 4 is 28.3 Å². The molecule has 2 heterocycles. The van der Waals surface area contributed by atoms with E-state index in [1.165, 1.54) is 5.56 Å². The summed E-state index contributed by atoms with van der Waals surface area (Å²) in [6, 6.07) is 15.5. The molecule has 2 aromatic carbocycles. The van der Waals surface area contributed by atoms with Crippen LogP contribution in [0.25, 0.3) is 22.2 Å². The molecule has 0 atom stereocenters. The molecule has 0 radical (unpaired) electrons. The number of fused-ring (bicyclic) bond motifs is 1. The van der Waals surface area contributed by atoms with Crippen LogP contribution in [-0.4, -0.2) is 21.3 Å². The van der Waals surface area contributed by atoms with Crippen molar-refractivity contribution in [2.45, 2.75) is 6.54 Å². The molecule has 0 aliphatic rings. The van der Waals surface area contributed by atoms with Crippen LogP contribution in [0, 0.1) is 0 Å². The van der Waals surface area contributed by atoms with Crippen molar-refractivity contribution in [1.29, 1.82) is 0 Å². The lowest BCUT2D eigenvalue weighted by Crippen LogP contribution is -2.23. The molecule has 0 bridgehead atoms. The second kappa shape index (κ2) is 6.25. The minimum absolute atomic E-state index is 0.125. The lowest BCUT2D eigenvalue weighted by Gasteiger charge is -2.10. The number of carbonyl (C=O) groups excluding carboxylic acids is 1. The third kappa shape index (κ3) is 2.79. The molecule has 6 heteroatoms. The predicted octanol–water partition coefficient (Wildman–Crippen LogP) is 3.62. The number of amides is 1. The van der Waals surface area contributed by atoms with Crippen LogP contribution in [0.1, 0.15) is 15.9 Å². The van der Waals surface area contributed by atoms with Gasteiger partial charge < -0.3 is 5.32 Å². The number of rotatable bonds is 4. The second-order valence-corrected chi connectivity index (χ2v) is 6.16. The number of benzene rings is 2. The Balaban J connectivity index is 1.53. The Kier molecular flexibility index (Phi) is 3.80. The third-order valence-corrected chi connectivity index (χ3v) is 4.55. The zero-order valence-corrected chi connectivity index (χ0v) is 13.5. The molecule has 2 aromatic heterocycles. The first-order valence-corrected chi connectivity index (χ1v) is 8.45. The number of hydrogen-bond acceptors (Lipinski definition) is 4. The molecule has 4 aromatic rings. The fourth-order valence-electron chi connectivity index (χ4n) is 2.63. The lowest BCUT2D eigenvalue weighted by atomic mass is 10.0. The van der Waals surface area contributed by atoms with E-state index in [0.717, 1.165) is 16.6 Å². The molecule has 0 spiro atoms. The summed E-state index contributed by atoms with van der Waals surface area (Å²) in [7, 11) is 0. The van der Waals surface area contributed by atoms with Crippen LogP contribution in [0.15, 0.2) is 59.3 Å². The molecule has 118 valence electrons. The fraction of sp³-hybridized carbons (Fsp3) is 0.0556. The molecule has 4 rings (SSSR count). The minimum atomic E-state index is -0.125. The molecule has 0 aliphatic carbocycles. The van der Waals surface area contributed by atoms with Gasteiger partial charge in [0.05, 0.1) is 0 Å². The largest absolute Gasteiger partial charge is 0.348 e. The van der Waals surface area contributed by atoms with Crippen molar-refractivity contribution in [1.82, 2.24) is 20.7 Å². The molecular formula is C18H14N4OS. The van der Waals surface area contributed by atoms with Gasteiger partial charge >= 0.3 is 0 Å². The van der Waals surface area contributed by atoms with E-state index in [1.54, 1.807) is 29.5 Å². The summed E-state index contributed by atoms with van der Waals surface area (Å²) in [5, 5.41) is 17.7. The standard InChI is InChI=1S/C18H14N4OS/c23-18(12-5-6-16-17(9-12)21-22-20-16)19-10-13-3-1-2-4-15(13)14-7-8-24-11-14/h1-9,11H,10H2,(H,19,23)(H,20,21,22). The van der Waals surface area contributed by atoms with E-state index >= 15 is 0 Å². The number of carbonyl (C=O) groups is 1. The van der Waals surface area contributed by atoms with Gasteiger partial charge in [-0.3, -0.25) is 4.79 Å². The van der Waals surface area contributed by atoms with Crippen molar-refractivity contribution in [3.05, 3.63) is 70.4 Å². The van der Waals surface area contributed by atoms with Gasteiger partial charge in [0.2, 0.25) is 0 Å². The molecular weight excluding hydrogens is 320 g/mol. The van der Waals surface area contributed by atoms with Gasteiger partial charge in [-0.15, -0.1) is 0 Å². The van der Waals surface area contributed by atoms with E-state index in [9.17, 15) is 4.79 Å². The van der Waals surface area contributed by atoms with Gasteiger partial charge in [0, 0.05) is 12.1 Å². The van der Waals surface area contributed by atoms with Gasteiger partial charge in [-0.1, -0.05) is 24.3 Å². The van der Waals surface area contributed by atoms with E-state index in [1.807, 2.05) is 18.2 Å². The van der Waals surface area contributed by atoms with Crippen molar-refractivity contribution in [3.8, 4) is 11.1 Å². The van der Waals surface area contributed by atoms with Crippen molar-refractivity contribution in [2.24, 2.45) is 0 Å². The molecule has 0 saturated heterocycles. The van der Waals surface area contributed by atoms with Gasteiger partial charge in [0.1, 0.15) is 11.0 Å². The Morgan fingerprint density at radius 2 is 1.96 bits per heavy atom. The minimum Gasteiger partial charge on any atom is -0.348 e. The number of hydrogen-bond donors (Lipinski definition) is 2. The zero-order chi connectivity index (χ0) is 16.4. The molecule has 0 aliphatic heterocycles. The van der Waals surface area contributed by atoms with E-state index in [2.05, 4.69) is 43.6 Å². The first kappa shape index (κ1) is 14.6. The van der Waals surface area contributed by atoms with Crippen molar-refractivity contribution in [2.75, 3.05) is 0 Å². The number of thiophene rings is 1. The number of nitrogens with zero attached hydrogens (tertiary/aromatic N) is 2. The van der Waals surface area contributed by atoms with Crippen molar-refractivity contribution < 1.29 is 4.79 Å². The first-order chi connectivity index (χ1) is 11.8. The highest BCUT2D eigenvalue weighted by molar-refractivity contribution is 7.08. The maximum atomic E-state index is 12.4. The maximum absolute atomic E-state index is 12.4. The lowest BCUT2D eigenvalue weighted by molar-refractivity contribution is 0.0951.